The van der Waals surface area contributed by atoms with Gasteiger partial charge < -0.3 is 5.32 Å². The molecule has 21 heavy (non-hydrogen) atoms. The summed E-state index contributed by atoms with van der Waals surface area (Å²) >= 11 is 3.51. The van der Waals surface area contributed by atoms with Crippen LogP contribution < -0.4 is 5.32 Å². The van der Waals surface area contributed by atoms with Crippen LogP contribution in [-0.4, -0.2) is 6.04 Å². The first-order valence-electron chi connectivity index (χ1n) is 7.20. The first-order valence-corrected chi connectivity index (χ1v) is 8.00. The minimum atomic E-state index is 0.403. The maximum Gasteiger partial charge on any atom is 0.0348 e. The topological polar surface area (TPSA) is 12.0 Å². The second kappa shape index (κ2) is 6.31. The fourth-order valence-corrected chi connectivity index (χ4v) is 2.99. The average molecular weight is 340 g/mol. The van der Waals surface area contributed by atoms with Crippen molar-refractivity contribution in [2.24, 2.45) is 0 Å². The predicted octanol–water partition coefficient (Wildman–Crippen LogP) is 5.65. The Morgan fingerprint density at radius 1 is 0.905 bits per heavy atom. The molecule has 1 N–H and O–H groups in total. The molecule has 0 saturated heterocycles. The van der Waals surface area contributed by atoms with E-state index < -0.39 is 0 Å². The van der Waals surface area contributed by atoms with Gasteiger partial charge in [0.15, 0.2) is 0 Å². The maximum absolute atomic E-state index is 3.59. The van der Waals surface area contributed by atoms with E-state index in [1.165, 1.54) is 22.0 Å². The summed E-state index contributed by atoms with van der Waals surface area (Å²) in [6.45, 7) is 2.22. The standard InChI is InChI=1S/C19H18BrN/c1-14(11-15-5-3-2-4-6-15)21-19-10-8-16-12-18(20)9-7-17(16)13-19/h2-10,12-14,21H,11H2,1H3. The molecule has 3 aromatic carbocycles. The summed E-state index contributed by atoms with van der Waals surface area (Å²) in [5.74, 6) is 0. The molecule has 3 aromatic rings. The van der Waals surface area contributed by atoms with Gasteiger partial charge >= 0.3 is 0 Å². The first-order chi connectivity index (χ1) is 10.2. The SMILES string of the molecule is CC(Cc1ccccc1)Nc1ccc2cc(Br)ccc2c1. The fraction of sp³-hybridized carbons (Fsp3) is 0.158. The molecule has 2 heteroatoms. The highest BCUT2D eigenvalue weighted by molar-refractivity contribution is 9.10. The number of nitrogens with one attached hydrogen (secondary N) is 1. The quantitative estimate of drug-likeness (QED) is 0.647. The van der Waals surface area contributed by atoms with Gasteiger partial charge in [0.1, 0.15) is 0 Å². The van der Waals surface area contributed by atoms with Gasteiger partial charge in [-0.3, -0.25) is 0 Å². The van der Waals surface area contributed by atoms with Crippen LogP contribution in [0.5, 0.6) is 0 Å². The highest BCUT2D eigenvalue weighted by Gasteiger charge is 2.04. The Labute approximate surface area is 134 Å². The van der Waals surface area contributed by atoms with Crippen molar-refractivity contribution in [3.8, 4) is 0 Å². The van der Waals surface area contributed by atoms with Gasteiger partial charge in [-0.1, -0.05) is 58.4 Å². The molecule has 0 aliphatic heterocycles. The van der Waals surface area contributed by atoms with Gasteiger partial charge in [-0.25, -0.2) is 0 Å². The molecule has 1 nitrogen and oxygen atoms in total. The number of rotatable bonds is 4. The van der Waals surface area contributed by atoms with Gasteiger partial charge in [-0.15, -0.1) is 0 Å². The van der Waals surface area contributed by atoms with Crippen LogP contribution in [0, 0.1) is 0 Å². The van der Waals surface area contributed by atoms with Crippen molar-refractivity contribution < 1.29 is 0 Å². The van der Waals surface area contributed by atoms with Gasteiger partial charge in [0.25, 0.3) is 0 Å². The predicted molar refractivity (Wildman–Crippen MR) is 94.9 cm³/mol. The Kier molecular flexibility index (Phi) is 4.26. The number of hydrogen-bond acceptors (Lipinski definition) is 1. The minimum absolute atomic E-state index is 0.403. The van der Waals surface area contributed by atoms with Crippen molar-refractivity contribution in [2.75, 3.05) is 5.32 Å². The van der Waals surface area contributed by atoms with E-state index in [9.17, 15) is 0 Å². The van der Waals surface area contributed by atoms with Gasteiger partial charge in [0.05, 0.1) is 0 Å². The molecule has 1 unspecified atom stereocenters. The third kappa shape index (κ3) is 3.64. The smallest absolute Gasteiger partial charge is 0.0348 e. The first kappa shape index (κ1) is 14.2. The van der Waals surface area contributed by atoms with Crippen molar-refractivity contribution in [3.05, 3.63) is 76.8 Å². The van der Waals surface area contributed by atoms with E-state index in [4.69, 9.17) is 0 Å². The van der Waals surface area contributed by atoms with E-state index in [0.717, 1.165) is 10.9 Å². The van der Waals surface area contributed by atoms with Crippen LogP contribution in [0.25, 0.3) is 10.8 Å². The zero-order valence-corrected chi connectivity index (χ0v) is 13.6. The van der Waals surface area contributed by atoms with Gasteiger partial charge in [-0.2, -0.15) is 0 Å². The van der Waals surface area contributed by atoms with Crippen molar-refractivity contribution >= 4 is 32.4 Å². The molecule has 3 rings (SSSR count). The van der Waals surface area contributed by atoms with E-state index >= 15 is 0 Å². The second-order valence-corrected chi connectivity index (χ2v) is 6.36. The Morgan fingerprint density at radius 3 is 2.43 bits per heavy atom. The van der Waals surface area contributed by atoms with E-state index in [1.807, 2.05) is 0 Å². The number of anilines is 1. The lowest BCUT2D eigenvalue weighted by molar-refractivity contribution is 0.790. The van der Waals surface area contributed by atoms with E-state index in [1.54, 1.807) is 0 Å². The highest BCUT2D eigenvalue weighted by Crippen LogP contribution is 2.23. The molecule has 0 heterocycles. The zero-order valence-electron chi connectivity index (χ0n) is 12.0. The van der Waals surface area contributed by atoms with Crippen LogP contribution in [0.15, 0.2) is 71.2 Å². The molecule has 1 atom stereocenters. The Bertz CT molecular complexity index is 737. The van der Waals surface area contributed by atoms with Crippen molar-refractivity contribution in [3.63, 3.8) is 0 Å². The van der Waals surface area contributed by atoms with Crippen LogP contribution in [0.3, 0.4) is 0 Å². The average Bonchev–Trinajstić information content (AvgIpc) is 2.48. The molecule has 0 amide bonds. The summed E-state index contributed by atoms with van der Waals surface area (Å²) in [5, 5.41) is 6.10. The third-order valence-corrected chi connectivity index (χ3v) is 4.09. The normalized spacial score (nSPS) is 12.3. The van der Waals surface area contributed by atoms with Crippen LogP contribution in [0.4, 0.5) is 5.69 Å². The number of hydrogen-bond donors (Lipinski definition) is 1. The lowest BCUT2D eigenvalue weighted by Crippen LogP contribution is -2.17. The Hall–Kier alpha value is -1.80. The zero-order chi connectivity index (χ0) is 14.7. The largest absolute Gasteiger partial charge is 0.382 e. The summed E-state index contributed by atoms with van der Waals surface area (Å²) in [5.41, 5.74) is 2.54. The molecule has 0 radical (unpaired) electrons. The summed E-state index contributed by atoms with van der Waals surface area (Å²) in [6.07, 6.45) is 1.03. The summed E-state index contributed by atoms with van der Waals surface area (Å²) < 4.78 is 1.12. The molecule has 0 bridgehead atoms. The van der Waals surface area contributed by atoms with Crippen LogP contribution in [0.1, 0.15) is 12.5 Å². The molecular formula is C19H18BrN. The molecule has 0 aliphatic rings. The number of fused-ring (bicyclic) bond motifs is 1. The van der Waals surface area contributed by atoms with Gasteiger partial charge in [0.2, 0.25) is 0 Å². The Morgan fingerprint density at radius 2 is 1.62 bits per heavy atom. The minimum Gasteiger partial charge on any atom is -0.382 e. The molecular weight excluding hydrogens is 322 g/mol. The van der Waals surface area contributed by atoms with Gasteiger partial charge in [-0.05, 0) is 53.9 Å². The Balaban J connectivity index is 1.74. The summed E-state index contributed by atoms with van der Waals surface area (Å²) in [7, 11) is 0. The van der Waals surface area contributed by atoms with Crippen LogP contribution >= 0.6 is 15.9 Å². The maximum atomic E-state index is 3.59. The second-order valence-electron chi connectivity index (χ2n) is 5.44. The lowest BCUT2D eigenvalue weighted by atomic mass is 10.1. The molecule has 0 saturated carbocycles. The van der Waals surface area contributed by atoms with Crippen LogP contribution in [0.2, 0.25) is 0 Å². The summed E-state index contributed by atoms with van der Waals surface area (Å²) in [4.78, 5) is 0. The fourth-order valence-electron chi connectivity index (χ4n) is 2.61. The van der Waals surface area contributed by atoms with E-state index in [2.05, 4.69) is 94.9 Å². The third-order valence-electron chi connectivity index (χ3n) is 3.60. The monoisotopic (exact) mass is 339 g/mol. The highest BCUT2D eigenvalue weighted by atomic mass is 79.9. The molecule has 106 valence electrons. The van der Waals surface area contributed by atoms with Crippen LogP contribution in [-0.2, 0) is 6.42 Å². The van der Waals surface area contributed by atoms with E-state index in [0.29, 0.717) is 6.04 Å². The molecule has 0 aromatic heterocycles. The number of halogens is 1. The molecule has 0 spiro atoms. The summed E-state index contributed by atoms with van der Waals surface area (Å²) in [6, 6.07) is 23.9. The van der Waals surface area contributed by atoms with Crippen molar-refractivity contribution in [2.45, 2.75) is 19.4 Å². The lowest BCUT2D eigenvalue weighted by Gasteiger charge is -2.16. The number of benzene rings is 3. The molecule has 0 fully saturated rings. The van der Waals surface area contributed by atoms with E-state index in [-0.39, 0.29) is 0 Å². The van der Waals surface area contributed by atoms with Gasteiger partial charge in [0, 0.05) is 16.2 Å². The van der Waals surface area contributed by atoms with Crippen molar-refractivity contribution in [1.29, 1.82) is 0 Å². The molecule has 0 aliphatic carbocycles. The van der Waals surface area contributed by atoms with Crippen molar-refractivity contribution in [1.82, 2.24) is 0 Å².